The molecule has 2 aromatic rings. The van der Waals surface area contributed by atoms with Gasteiger partial charge in [0.05, 0.1) is 6.04 Å². The Bertz CT molecular complexity index is 986. The molecule has 0 saturated heterocycles. The number of amides is 2. The monoisotopic (exact) mass is 507 g/mol. The number of halogens is 2. The first-order valence-corrected chi connectivity index (χ1v) is 11.5. The van der Waals surface area contributed by atoms with Gasteiger partial charge >= 0.3 is 0 Å². The highest BCUT2D eigenvalue weighted by atomic mass is 35.5. The average molecular weight is 508 g/mol. The topological polar surface area (TPSA) is 123 Å². The van der Waals surface area contributed by atoms with Gasteiger partial charge in [-0.15, -0.1) is 24.8 Å². The molecule has 1 saturated carbocycles. The van der Waals surface area contributed by atoms with E-state index in [-0.39, 0.29) is 42.5 Å². The third-order valence-corrected chi connectivity index (χ3v) is 7.02. The molecule has 2 aliphatic carbocycles. The predicted molar refractivity (Wildman–Crippen MR) is 139 cm³/mol. The van der Waals surface area contributed by atoms with E-state index in [0.717, 1.165) is 48.1 Å². The highest BCUT2D eigenvalue weighted by molar-refractivity contribution is 5.94. The highest BCUT2D eigenvalue weighted by Crippen LogP contribution is 2.32. The Morgan fingerprint density at radius 1 is 1.06 bits per heavy atom. The Hall–Kier alpha value is -2.35. The van der Waals surface area contributed by atoms with Gasteiger partial charge in [-0.1, -0.05) is 49.6 Å². The minimum Gasteiger partial charge on any atom is -0.384 e. The Morgan fingerprint density at radius 3 is 2.26 bits per heavy atom. The number of nitrogens with two attached hydrogens (primary N) is 2. The molecule has 186 valence electrons. The summed E-state index contributed by atoms with van der Waals surface area (Å²) in [6.45, 7) is 2.19. The first-order valence-electron chi connectivity index (χ1n) is 11.5. The van der Waals surface area contributed by atoms with E-state index < -0.39 is 11.6 Å². The van der Waals surface area contributed by atoms with Crippen molar-refractivity contribution in [1.82, 2.24) is 15.6 Å². The third kappa shape index (κ3) is 6.01. The lowest BCUT2D eigenvalue weighted by atomic mass is 9.83. The van der Waals surface area contributed by atoms with Crippen molar-refractivity contribution in [2.75, 3.05) is 5.73 Å². The first-order chi connectivity index (χ1) is 15.4. The Balaban J connectivity index is 0.00000204. The largest absolute Gasteiger partial charge is 0.384 e. The molecule has 1 heterocycles. The lowest BCUT2D eigenvalue weighted by Crippen LogP contribution is -2.63. The summed E-state index contributed by atoms with van der Waals surface area (Å²) in [7, 11) is 0. The summed E-state index contributed by atoms with van der Waals surface area (Å²) in [5.74, 6) is 0.194. The van der Waals surface area contributed by atoms with E-state index in [9.17, 15) is 9.59 Å². The van der Waals surface area contributed by atoms with Crippen LogP contribution in [0.15, 0.2) is 36.4 Å². The molecule has 0 unspecified atom stereocenters. The minimum atomic E-state index is -1.04. The standard InChI is InChI=1S/C25H33N5O2.2ClH/c1-16-20(11-12-21(26)29-16)15-28-24(32)25(13-18-9-5-6-10-19(18)14-25)30-23(31)22(27)17-7-3-2-4-8-17;;/h5-6,9-12,17,22H,2-4,7-8,13-15,27H2,1H3,(H2,26,29)(H,28,32)(H,30,31);2*1H/t22-;;/m1../s1. The summed E-state index contributed by atoms with van der Waals surface area (Å²) in [4.78, 5) is 31.0. The van der Waals surface area contributed by atoms with Crippen molar-refractivity contribution >= 4 is 42.4 Å². The molecular weight excluding hydrogens is 473 g/mol. The number of hydrogen-bond donors (Lipinski definition) is 4. The second-order valence-corrected chi connectivity index (χ2v) is 9.28. The van der Waals surface area contributed by atoms with Gasteiger partial charge in [0.15, 0.2) is 0 Å². The molecule has 1 atom stereocenters. The molecule has 7 nitrogen and oxygen atoms in total. The number of nitrogen functional groups attached to an aromatic ring is 1. The van der Waals surface area contributed by atoms with Gasteiger partial charge in [-0.2, -0.15) is 0 Å². The van der Waals surface area contributed by atoms with E-state index in [1.165, 1.54) is 6.42 Å². The maximum Gasteiger partial charge on any atom is 0.246 e. The van der Waals surface area contributed by atoms with E-state index in [4.69, 9.17) is 11.5 Å². The van der Waals surface area contributed by atoms with Crippen LogP contribution in [0.1, 0.15) is 54.5 Å². The van der Waals surface area contributed by atoms with E-state index in [1.54, 1.807) is 6.07 Å². The van der Waals surface area contributed by atoms with Gasteiger partial charge in [-0.3, -0.25) is 9.59 Å². The quantitative estimate of drug-likeness (QED) is 0.478. The van der Waals surface area contributed by atoms with E-state index >= 15 is 0 Å². The van der Waals surface area contributed by atoms with Gasteiger partial charge in [-0.05, 0) is 48.4 Å². The summed E-state index contributed by atoms with van der Waals surface area (Å²) in [5, 5.41) is 6.11. The average Bonchev–Trinajstić information content (AvgIpc) is 3.17. The fourth-order valence-electron chi connectivity index (χ4n) is 5.09. The van der Waals surface area contributed by atoms with Gasteiger partial charge in [0.25, 0.3) is 0 Å². The van der Waals surface area contributed by atoms with E-state index in [0.29, 0.717) is 25.2 Å². The fraction of sp³-hybridized carbons (Fsp3) is 0.480. The molecule has 2 aliphatic rings. The summed E-state index contributed by atoms with van der Waals surface area (Å²) >= 11 is 0. The molecule has 1 aromatic heterocycles. The number of benzene rings is 1. The smallest absolute Gasteiger partial charge is 0.246 e. The Morgan fingerprint density at radius 2 is 1.68 bits per heavy atom. The Labute approximate surface area is 213 Å². The number of carbonyl (C=O) groups excluding carboxylic acids is 2. The van der Waals surface area contributed by atoms with Crippen molar-refractivity contribution in [3.8, 4) is 0 Å². The van der Waals surface area contributed by atoms with Crippen LogP contribution >= 0.6 is 24.8 Å². The van der Waals surface area contributed by atoms with Gasteiger partial charge in [0.2, 0.25) is 11.8 Å². The minimum absolute atomic E-state index is 0. The van der Waals surface area contributed by atoms with Crippen molar-refractivity contribution in [1.29, 1.82) is 0 Å². The zero-order valence-electron chi connectivity index (χ0n) is 19.5. The lowest BCUT2D eigenvalue weighted by Gasteiger charge is -2.33. The number of pyridine rings is 1. The molecule has 4 rings (SSSR count). The first kappa shape index (κ1) is 27.9. The molecule has 6 N–H and O–H groups in total. The van der Waals surface area contributed by atoms with E-state index in [1.807, 2.05) is 37.3 Å². The van der Waals surface area contributed by atoms with Crippen molar-refractivity contribution in [3.05, 3.63) is 58.8 Å². The van der Waals surface area contributed by atoms with Gasteiger partial charge < -0.3 is 22.1 Å². The molecular formula is C25H35Cl2N5O2. The SMILES string of the molecule is Cc1nc(N)ccc1CNC(=O)C1(NC(=O)[C@H](N)C2CCCCC2)Cc2ccccc2C1.Cl.Cl. The van der Waals surface area contributed by atoms with Gasteiger partial charge in [-0.25, -0.2) is 4.98 Å². The molecule has 0 spiro atoms. The Kier molecular flexibility index (Phi) is 9.74. The number of rotatable bonds is 6. The number of anilines is 1. The molecule has 1 fully saturated rings. The number of hydrogen-bond acceptors (Lipinski definition) is 5. The number of aromatic nitrogens is 1. The van der Waals surface area contributed by atoms with Gasteiger partial charge in [0.1, 0.15) is 11.4 Å². The molecule has 34 heavy (non-hydrogen) atoms. The maximum absolute atomic E-state index is 13.5. The summed E-state index contributed by atoms with van der Waals surface area (Å²) < 4.78 is 0. The summed E-state index contributed by atoms with van der Waals surface area (Å²) in [6, 6.07) is 11.0. The maximum atomic E-state index is 13.5. The van der Waals surface area contributed by atoms with Crippen LogP contribution in [-0.4, -0.2) is 28.4 Å². The number of nitrogens with zero attached hydrogens (tertiary/aromatic N) is 1. The number of fused-ring (bicyclic) bond motifs is 1. The fourth-order valence-corrected chi connectivity index (χ4v) is 5.09. The molecule has 0 radical (unpaired) electrons. The van der Waals surface area contributed by atoms with Crippen LogP contribution in [0.2, 0.25) is 0 Å². The van der Waals surface area contributed by atoms with Crippen molar-refractivity contribution < 1.29 is 9.59 Å². The number of aryl methyl sites for hydroxylation is 1. The van der Waals surface area contributed by atoms with Crippen LogP contribution in [0.3, 0.4) is 0 Å². The molecule has 1 aromatic carbocycles. The highest BCUT2D eigenvalue weighted by Gasteiger charge is 2.46. The summed E-state index contributed by atoms with van der Waals surface area (Å²) in [6.07, 6.45) is 6.27. The zero-order valence-corrected chi connectivity index (χ0v) is 21.1. The van der Waals surface area contributed by atoms with Crippen LogP contribution in [0.4, 0.5) is 5.82 Å². The zero-order chi connectivity index (χ0) is 22.7. The van der Waals surface area contributed by atoms with Crippen LogP contribution in [0.5, 0.6) is 0 Å². The van der Waals surface area contributed by atoms with Crippen LogP contribution in [-0.2, 0) is 29.0 Å². The number of nitrogens with one attached hydrogen (secondary N) is 2. The van der Waals surface area contributed by atoms with Crippen LogP contribution in [0, 0.1) is 12.8 Å². The number of carbonyl (C=O) groups is 2. The van der Waals surface area contributed by atoms with E-state index in [2.05, 4.69) is 15.6 Å². The van der Waals surface area contributed by atoms with Gasteiger partial charge in [0, 0.05) is 25.1 Å². The summed E-state index contributed by atoms with van der Waals surface area (Å²) in [5.41, 5.74) is 14.9. The molecule has 2 amide bonds. The van der Waals surface area contributed by atoms with Crippen molar-refractivity contribution in [3.63, 3.8) is 0 Å². The van der Waals surface area contributed by atoms with Crippen molar-refractivity contribution in [2.45, 2.75) is 70.0 Å². The molecule has 0 aliphatic heterocycles. The molecule has 9 heteroatoms. The van der Waals surface area contributed by atoms with Crippen LogP contribution < -0.4 is 22.1 Å². The lowest BCUT2D eigenvalue weighted by molar-refractivity contribution is -0.134. The molecule has 0 bridgehead atoms. The predicted octanol–water partition coefficient (Wildman–Crippen LogP) is 2.99. The second kappa shape index (κ2) is 11.9. The van der Waals surface area contributed by atoms with Crippen LogP contribution in [0.25, 0.3) is 0 Å². The third-order valence-electron chi connectivity index (χ3n) is 7.02. The normalized spacial score (nSPS) is 17.5. The van der Waals surface area contributed by atoms with Crippen molar-refractivity contribution in [2.24, 2.45) is 11.7 Å². The second-order valence-electron chi connectivity index (χ2n) is 9.28.